The Bertz CT molecular complexity index is 406. The standard InChI is InChI=1S/C15H23F3N2O/c1-3-14(19-4-2)12-5-7-13(8-6-12)20(9-10-21)11-15(16,17)18/h5-8,14,19,21H,3-4,9-11H2,1-2H3. The van der Waals surface area contributed by atoms with Gasteiger partial charge in [-0.05, 0) is 30.7 Å². The number of halogens is 3. The van der Waals surface area contributed by atoms with Crippen LogP contribution in [0.25, 0.3) is 0 Å². The van der Waals surface area contributed by atoms with E-state index in [9.17, 15) is 13.2 Å². The molecule has 0 heterocycles. The lowest BCUT2D eigenvalue weighted by molar-refractivity contribution is -0.119. The first-order valence-electron chi connectivity index (χ1n) is 7.17. The molecule has 3 nitrogen and oxygen atoms in total. The lowest BCUT2D eigenvalue weighted by Gasteiger charge is -2.26. The van der Waals surface area contributed by atoms with E-state index < -0.39 is 12.7 Å². The zero-order chi connectivity index (χ0) is 15.9. The Morgan fingerprint density at radius 1 is 1.19 bits per heavy atom. The average molecular weight is 304 g/mol. The van der Waals surface area contributed by atoms with Crippen molar-refractivity contribution in [2.24, 2.45) is 0 Å². The van der Waals surface area contributed by atoms with Crippen molar-refractivity contribution in [3.63, 3.8) is 0 Å². The maximum absolute atomic E-state index is 12.5. The minimum Gasteiger partial charge on any atom is -0.395 e. The highest BCUT2D eigenvalue weighted by Gasteiger charge is 2.30. The Morgan fingerprint density at radius 3 is 2.24 bits per heavy atom. The lowest BCUT2D eigenvalue weighted by atomic mass is 10.0. The molecule has 6 heteroatoms. The van der Waals surface area contributed by atoms with Crippen LogP contribution in [0.2, 0.25) is 0 Å². The molecule has 0 aliphatic rings. The first kappa shape index (κ1) is 17.8. The molecule has 120 valence electrons. The highest BCUT2D eigenvalue weighted by atomic mass is 19.4. The zero-order valence-electron chi connectivity index (χ0n) is 12.5. The topological polar surface area (TPSA) is 35.5 Å². The van der Waals surface area contributed by atoms with Gasteiger partial charge in [0.2, 0.25) is 0 Å². The van der Waals surface area contributed by atoms with Gasteiger partial charge in [-0.3, -0.25) is 0 Å². The molecule has 1 unspecified atom stereocenters. The summed E-state index contributed by atoms with van der Waals surface area (Å²) in [6.45, 7) is 3.50. The number of benzene rings is 1. The number of alkyl halides is 3. The van der Waals surface area contributed by atoms with Gasteiger partial charge in [-0.1, -0.05) is 26.0 Å². The molecule has 1 aromatic rings. The first-order valence-corrected chi connectivity index (χ1v) is 7.17. The molecule has 0 bridgehead atoms. The van der Waals surface area contributed by atoms with Crippen molar-refractivity contribution < 1.29 is 18.3 Å². The number of nitrogens with zero attached hydrogens (tertiary/aromatic N) is 1. The van der Waals surface area contributed by atoms with Crippen molar-refractivity contribution in [1.82, 2.24) is 5.32 Å². The summed E-state index contributed by atoms with van der Waals surface area (Å²) in [7, 11) is 0. The maximum atomic E-state index is 12.5. The van der Waals surface area contributed by atoms with Crippen molar-refractivity contribution in [3.8, 4) is 0 Å². The van der Waals surface area contributed by atoms with Crippen LogP contribution < -0.4 is 10.2 Å². The van der Waals surface area contributed by atoms with Crippen molar-refractivity contribution in [2.75, 3.05) is 31.1 Å². The molecule has 0 aromatic heterocycles. The average Bonchev–Trinajstić information content (AvgIpc) is 2.43. The highest BCUT2D eigenvalue weighted by Crippen LogP contribution is 2.24. The molecule has 0 fully saturated rings. The Labute approximate surface area is 123 Å². The molecule has 0 aliphatic carbocycles. The second-order valence-electron chi connectivity index (χ2n) is 4.87. The number of nitrogens with one attached hydrogen (secondary N) is 1. The van der Waals surface area contributed by atoms with Crippen LogP contribution in [-0.2, 0) is 0 Å². The summed E-state index contributed by atoms with van der Waals surface area (Å²) in [5.74, 6) is 0. The van der Waals surface area contributed by atoms with Gasteiger partial charge in [0, 0.05) is 18.3 Å². The van der Waals surface area contributed by atoms with Gasteiger partial charge >= 0.3 is 6.18 Å². The van der Waals surface area contributed by atoms with E-state index in [-0.39, 0.29) is 19.2 Å². The number of hydrogen-bond acceptors (Lipinski definition) is 3. The molecule has 0 spiro atoms. The highest BCUT2D eigenvalue weighted by molar-refractivity contribution is 5.48. The largest absolute Gasteiger partial charge is 0.405 e. The van der Waals surface area contributed by atoms with Crippen LogP contribution in [0.4, 0.5) is 18.9 Å². The molecular formula is C15H23F3N2O. The molecule has 1 aromatic carbocycles. The molecule has 1 atom stereocenters. The number of rotatable bonds is 8. The SMILES string of the molecule is CCNC(CC)c1ccc(N(CCO)CC(F)(F)F)cc1. The second kappa shape index (κ2) is 8.24. The van der Waals surface area contributed by atoms with Gasteiger partial charge in [0.25, 0.3) is 0 Å². The van der Waals surface area contributed by atoms with Crippen molar-refractivity contribution in [3.05, 3.63) is 29.8 Å². The molecule has 0 saturated heterocycles. The predicted molar refractivity (Wildman–Crippen MR) is 78.5 cm³/mol. The quantitative estimate of drug-likeness (QED) is 0.774. The van der Waals surface area contributed by atoms with Gasteiger partial charge < -0.3 is 15.3 Å². The van der Waals surface area contributed by atoms with Crippen LogP contribution in [0.3, 0.4) is 0 Å². The minimum atomic E-state index is -4.29. The molecule has 0 radical (unpaired) electrons. The van der Waals surface area contributed by atoms with Crippen molar-refractivity contribution in [1.29, 1.82) is 0 Å². The Morgan fingerprint density at radius 2 is 1.81 bits per heavy atom. The van der Waals surface area contributed by atoms with Crippen LogP contribution in [0, 0.1) is 0 Å². The summed E-state index contributed by atoms with van der Waals surface area (Å²) in [4.78, 5) is 1.14. The number of anilines is 1. The van der Waals surface area contributed by atoms with Gasteiger partial charge in [-0.15, -0.1) is 0 Å². The fraction of sp³-hybridized carbons (Fsp3) is 0.600. The van der Waals surface area contributed by atoms with E-state index in [1.807, 2.05) is 19.1 Å². The Balaban J connectivity index is 2.86. The fourth-order valence-corrected chi connectivity index (χ4v) is 2.30. The van der Waals surface area contributed by atoms with Gasteiger partial charge in [0.1, 0.15) is 6.54 Å². The number of aliphatic hydroxyl groups is 1. The van der Waals surface area contributed by atoms with E-state index in [0.717, 1.165) is 23.4 Å². The number of hydrogen-bond donors (Lipinski definition) is 2. The Hall–Kier alpha value is -1.27. The summed E-state index contributed by atoms with van der Waals surface area (Å²) in [5, 5.41) is 12.3. The fourth-order valence-electron chi connectivity index (χ4n) is 2.30. The normalized spacial score (nSPS) is 13.2. The molecule has 21 heavy (non-hydrogen) atoms. The molecule has 0 saturated carbocycles. The van der Waals surface area contributed by atoms with E-state index in [4.69, 9.17) is 5.11 Å². The number of aliphatic hydroxyl groups excluding tert-OH is 1. The molecule has 2 N–H and O–H groups in total. The smallest absolute Gasteiger partial charge is 0.395 e. The summed E-state index contributed by atoms with van der Waals surface area (Å²) < 4.78 is 37.6. The van der Waals surface area contributed by atoms with Crippen molar-refractivity contribution >= 4 is 5.69 Å². The van der Waals surface area contributed by atoms with Crippen LogP contribution in [-0.4, -0.2) is 37.5 Å². The van der Waals surface area contributed by atoms with Crippen molar-refractivity contribution in [2.45, 2.75) is 32.5 Å². The van der Waals surface area contributed by atoms with Gasteiger partial charge in [-0.2, -0.15) is 13.2 Å². The third-order valence-corrected chi connectivity index (χ3v) is 3.26. The molecular weight excluding hydrogens is 281 g/mol. The van der Waals surface area contributed by atoms with Crippen LogP contribution in [0.1, 0.15) is 31.9 Å². The third kappa shape index (κ3) is 5.93. The lowest BCUT2D eigenvalue weighted by Crippen LogP contribution is -2.36. The van der Waals surface area contributed by atoms with Gasteiger partial charge in [0.05, 0.1) is 6.61 Å². The summed E-state index contributed by atoms with van der Waals surface area (Å²) in [5.41, 5.74) is 1.52. The zero-order valence-corrected chi connectivity index (χ0v) is 12.5. The van der Waals surface area contributed by atoms with Gasteiger partial charge in [-0.25, -0.2) is 0 Å². The monoisotopic (exact) mass is 304 g/mol. The minimum absolute atomic E-state index is 0.0384. The maximum Gasteiger partial charge on any atom is 0.405 e. The summed E-state index contributed by atoms with van der Waals surface area (Å²) >= 11 is 0. The van der Waals surface area contributed by atoms with E-state index in [1.165, 1.54) is 0 Å². The van der Waals surface area contributed by atoms with E-state index >= 15 is 0 Å². The van der Waals surface area contributed by atoms with E-state index in [1.54, 1.807) is 12.1 Å². The Kier molecular flexibility index (Phi) is 6.98. The van der Waals surface area contributed by atoms with Crippen LogP contribution in [0.15, 0.2) is 24.3 Å². The molecule has 0 aliphatic heterocycles. The summed E-state index contributed by atoms with van der Waals surface area (Å²) in [6, 6.07) is 7.24. The third-order valence-electron chi connectivity index (χ3n) is 3.26. The summed E-state index contributed by atoms with van der Waals surface area (Å²) in [6.07, 6.45) is -3.38. The second-order valence-corrected chi connectivity index (χ2v) is 4.87. The molecule has 1 rings (SSSR count). The van der Waals surface area contributed by atoms with Crippen LogP contribution in [0.5, 0.6) is 0 Å². The first-order chi connectivity index (χ1) is 9.91. The van der Waals surface area contributed by atoms with Gasteiger partial charge in [0.15, 0.2) is 0 Å². The van der Waals surface area contributed by atoms with E-state index in [0.29, 0.717) is 5.69 Å². The van der Waals surface area contributed by atoms with Crippen LogP contribution >= 0.6 is 0 Å². The predicted octanol–water partition coefficient (Wildman–Crippen LogP) is 3.11. The molecule has 0 amide bonds. The van der Waals surface area contributed by atoms with E-state index in [2.05, 4.69) is 12.2 Å².